The lowest BCUT2D eigenvalue weighted by Crippen LogP contribution is -2.37. The minimum Gasteiger partial charge on any atom is -0.373 e. The van der Waals surface area contributed by atoms with Crippen LogP contribution in [0.2, 0.25) is 0 Å². The molecule has 19 heavy (non-hydrogen) atoms. The molecule has 2 rings (SSSR count). The van der Waals surface area contributed by atoms with Gasteiger partial charge in [-0.05, 0) is 25.3 Å². The highest BCUT2D eigenvalue weighted by molar-refractivity contribution is 5.79. The van der Waals surface area contributed by atoms with E-state index in [-0.39, 0.29) is 24.5 Å². The highest BCUT2D eigenvalue weighted by atomic mass is 16.5. The zero-order chi connectivity index (χ0) is 13.7. The maximum absolute atomic E-state index is 12.1. The van der Waals surface area contributed by atoms with E-state index in [0.29, 0.717) is 6.61 Å². The highest BCUT2D eigenvalue weighted by Crippen LogP contribution is 2.33. The Hall–Kier alpha value is -1.86. The topological polar surface area (TPSA) is 62.1 Å². The van der Waals surface area contributed by atoms with Crippen LogP contribution in [0.1, 0.15) is 30.1 Å². The molecule has 0 unspecified atom stereocenters. The lowest BCUT2D eigenvalue weighted by molar-refractivity contribution is -0.134. The Morgan fingerprint density at radius 2 is 2.21 bits per heavy atom. The van der Waals surface area contributed by atoms with Gasteiger partial charge in [-0.25, -0.2) is 0 Å². The molecule has 1 aromatic rings. The molecule has 1 heterocycles. The number of carbonyl (C=O) groups excluding carboxylic acids is 1. The molecular weight excluding hydrogens is 240 g/mol. The van der Waals surface area contributed by atoms with Crippen molar-refractivity contribution in [1.82, 2.24) is 5.32 Å². The van der Waals surface area contributed by atoms with E-state index in [1.54, 1.807) is 0 Å². The molecule has 1 amide bonds. The van der Waals surface area contributed by atoms with Crippen molar-refractivity contribution in [2.24, 2.45) is 5.92 Å². The smallest absolute Gasteiger partial charge is 0.226 e. The Bertz CT molecular complexity index is 476. The maximum Gasteiger partial charge on any atom is 0.226 e. The third kappa shape index (κ3) is 3.33. The number of hydrogen-bond donors (Lipinski definition) is 1. The number of nitrogens with one attached hydrogen (secondary N) is 1. The third-order valence-electron chi connectivity index (χ3n) is 3.41. The molecule has 0 aliphatic carbocycles. The van der Waals surface area contributed by atoms with Crippen LogP contribution < -0.4 is 5.32 Å². The lowest BCUT2D eigenvalue weighted by Gasteiger charge is -2.31. The molecule has 0 radical (unpaired) electrons. The third-order valence-corrected chi connectivity index (χ3v) is 3.41. The average Bonchev–Trinajstić information content (AvgIpc) is 2.45. The Morgan fingerprint density at radius 3 is 2.89 bits per heavy atom. The predicted molar refractivity (Wildman–Crippen MR) is 71.2 cm³/mol. The van der Waals surface area contributed by atoms with E-state index in [4.69, 9.17) is 10.00 Å². The van der Waals surface area contributed by atoms with E-state index in [2.05, 4.69) is 5.32 Å². The number of rotatable bonds is 3. The number of benzene rings is 1. The van der Waals surface area contributed by atoms with Gasteiger partial charge < -0.3 is 10.1 Å². The zero-order valence-corrected chi connectivity index (χ0v) is 11.1. The molecule has 1 aliphatic heterocycles. The molecule has 1 aromatic carbocycles. The van der Waals surface area contributed by atoms with Crippen LogP contribution in [0.4, 0.5) is 0 Å². The van der Waals surface area contributed by atoms with E-state index in [9.17, 15) is 4.79 Å². The number of amides is 1. The van der Waals surface area contributed by atoms with Crippen LogP contribution in [0.25, 0.3) is 0 Å². The first-order chi connectivity index (χ1) is 9.22. The number of aryl methyl sites for hydroxylation is 1. The summed E-state index contributed by atoms with van der Waals surface area (Å²) in [5.41, 5.74) is 2.22. The molecule has 0 spiro atoms. The number of ether oxygens (including phenoxy) is 1. The maximum atomic E-state index is 12.1. The van der Waals surface area contributed by atoms with Crippen molar-refractivity contribution in [3.05, 3.63) is 35.4 Å². The van der Waals surface area contributed by atoms with Crippen molar-refractivity contribution in [2.75, 3.05) is 13.2 Å². The Labute approximate surface area is 113 Å². The van der Waals surface area contributed by atoms with Crippen LogP contribution in [0, 0.1) is 24.2 Å². The van der Waals surface area contributed by atoms with Gasteiger partial charge in [-0.3, -0.25) is 4.79 Å². The van der Waals surface area contributed by atoms with Gasteiger partial charge in [0.25, 0.3) is 0 Å². The van der Waals surface area contributed by atoms with Crippen LogP contribution in [-0.2, 0) is 9.53 Å². The lowest BCUT2D eigenvalue weighted by atomic mass is 9.88. The van der Waals surface area contributed by atoms with Gasteiger partial charge in [0.1, 0.15) is 6.54 Å². The molecule has 4 nitrogen and oxygen atoms in total. The standard InChI is InChI=1S/C15H18N2O2/c1-11-4-6-12(7-5-11)14-13(3-2-10-19-14)15(18)17-9-8-16/h4-7,13-14H,2-3,9-10H2,1H3,(H,17,18)/t13-,14-/m1/s1. The Morgan fingerprint density at radius 1 is 1.47 bits per heavy atom. The summed E-state index contributed by atoms with van der Waals surface area (Å²) in [5.74, 6) is -0.295. The van der Waals surface area contributed by atoms with E-state index >= 15 is 0 Å². The van der Waals surface area contributed by atoms with E-state index < -0.39 is 0 Å². The second-order valence-electron chi connectivity index (χ2n) is 4.83. The van der Waals surface area contributed by atoms with Gasteiger partial charge >= 0.3 is 0 Å². The summed E-state index contributed by atoms with van der Waals surface area (Å²) in [5, 5.41) is 11.2. The molecule has 1 N–H and O–H groups in total. The summed E-state index contributed by atoms with van der Waals surface area (Å²) in [7, 11) is 0. The molecule has 100 valence electrons. The first-order valence-corrected chi connectivity index (χ1v) is 6.55. The average molecular weight is 258 g/mol. The molecule has 0 saturated carbocycles. The van der Waals surface area contributed by atoms with Gasteiger partial charge in [0.2, 0.25) is 5.91 Å². The molecule has 0 aromatic heterocycles. The Kier molecular flexibility index (Phi) is 4.53. The van der Waals surface area contributed by atoms with E-state index in [1.807, 2.05) is 37.3 Å². The van der Waals surface area contributed by atoms with Crippen LogP contribution in [-0.4, -0.2) is 19.1 Å². The minimum atomic E-state index is -0.204. The number of carbonyl (C=O) groups is 1. The van der Waals surface area contributed by atoms with Crippen molar-refractivity contribution in [2.45, 2.75) is 25.9 Å². The normalized spacial score (nSPS) is 22.5. The molecule has 0 bridgehead atoms. The number of hydrogen-bond acceptors (Lipinski definition) is 3. The van der Waals surface area contributed by atoms with Gasteiger partial charge in [0.05, 0.1) is 18.1 Å². The Balaban J connectivity index is 2.14. The molecular formula is C15H18N2O2. The second kappa shape index (κ2) is 6.35. The largest absolute Gasteiger partial charge is 0.373 e. The van der Waals surface area contributed by atoms with Crippen molar-refractivity contribution >= 4 is 5.91 Å². The summed E-state index contributed by atoms with van der Waals surface area (Å²) in [6.07, 6.45) is 1.48. The molecule has 2 atom stereocenters. The molecule has 1 fully saturated rings. The van der Waals surface area contributed by atoms with Gasteiger partial charge in [0, 0.05) is 6.61 Å². The fraction of sp³-hybridized carbons (Fsp3) is 0.467. The second-order valence-corrected chi connectivity index (χ2v) is 4.83. The summed E-state index contributed by atoms with van der Waals surface area (Å²) >= 11 is 0. The fourth-order valence-electron chi connectivity index (χ4n) is 2.39. The molecule has 1 saturated heterocycles. The van der Waals surface area contributed by atoms with E-state index in [1.165, 1.54) is 5.56 Å². The van der Waals surface area contributed by atoms with Gasteiger partial charge in [-0.2, -0.15) is 5.26 Å². The quantitative estimate of drug-likeness (QED) is 0.844. The van der Waals surface area contributed by atoms with Gasteiger partial charge in [0.15, 0.2) is 0 Å². The van der Waals surface area contributed by atoms with Crippen molar-refractivity contribution in [1.29, 1.82) is 5.26 Å². The van der Waals surface area contributed by atoms with Gasteiger partial charge in [-0.15, -0.1) is 0 Å². The van der Waals surface area contributed by atoms with Crippen LogP contribution in [0.5, 0.6) is 0 Å². The summed E-state index contributed by atoms with van der Waals surface area (Å²) in [4.78, 5) is 12.1. The first kappa shape index (κ1) is 13.6. The van der Waals surface area contributed by atoms with Crippen molar-refractivity contribution in [3.8, 4) is 6.07 Å². The number of nitrogens with zero attached hydrogens (tertiary/aromatic N) is 1. The van der Waals surface area contributed by atoms with Crippen molar-refractivity contribution < 1.29 is 9.53 Å². The highest BCUT2D eigenvalue weighted by Gasteiger charge is 2.32. The number of nitriles is 1. The monoisotopic (exact) mass is 258 g/mol. The van der Waals surface area contributed by atoms with Crippen LogP contribution >= 0.6 is 0 Å². The zero-order valence-electron chi connectivity index (χ0n) is 11.1. The minimum absolute atomic E-state index is 0.0515. The summed E-state index contributed by atoms with van der Waals surface area (Å²) < 4.78 is 5.77. The van der Waals surface area contributed by atoms with Crippen LogP contribution in [0.3, 0.4) is 0 Å². The SMILES string of the molecule is Cc1ccc([C@H]2OCCC[C@H]2C(=O)NCC#N)cc1. The molecule has 4 heteroatoms. The van der Waals surface area contributed by atoms with Crippen LogP contribution in [0.15, 0.2) is 24.3 Å². The summed E-state index contributed by atoms with van der Waals surface area (Å²) in [6.45, 7) is 2.76. The van der Waals surface area contributed by atoms with E-state index in [0.717, 1.165) is 18.4 Å². The summed E-state index contributed by atoms with van der Waals surface area (Å²) in [6, 6.07) is 10.00. The van der Waals surface area contributed by atoms with Gasteiger partial charge in [-0.1, -0.05) is 29.8 Å². The first-order valence-electron chi connectivity index (χ1n) is 6.55. The predicted octanol–water partition coefficient (Wildman–Crippen LogP) is 2.10. The fourth-order valence-corrected chi connectivity index (χ4v) is 2.39. The molecule has 1 aliphatic rings. The van der Waals surface area contributed by atoms with Crippen molar-refractivity contribution in [3.63, 3.8) is 0 Å².